The SMILES string of the molecule is Cl.NCC1NC(=O)NC1=O. The lowest BCUT2D eigenvalue weighted by Crippen LogP contribution is -2.36. The van der Waals surface area contributed by atoms with Crippen molar-refractivity contribution >= 4 is 24.3 Å². The number of carbonyl (C=O) groups excluding carboxylic acids is 2. The summed E-state index contributed by atoms with van der Waals surface area (Å²) in [5.41, 5.74) is 5.11. The summed E-state index contributed by atoms with van der Waals surface area (Å²) < 4.78 is 0. The molecule has 0 aromatic rings. The van der Waals surface area contributed by atoms with Crippen molar-refractivity contribution in [1.29, 1.82) is 0 Å². The molecule has 58 valence electrons. The average molecular weight is 166 g/mol. The zero-order valence-electron chi connectivity index (χ0n) is 5.09. The van der Waals surface area contributed by atoms with Gasteiger partial charge in [0.1, 0.15) is 6.04 Å². The Hall–Kier alpha value is -0.810. The van der Waals surface area contributed by atoms with Gasteiger partial charge in [-0.2, -0.15) is 0 Å². The van der Waals surface area contributed by atoms with Gasteiger partial charge in [0.2, 0.25) is 0 Å². The average Bonchev–Trinajstić information content (AvgIpc) is 2.10. The van der Waals surface area contributed by atoms with E-state index in [1.807, 2.05) is 5.32 Å². The summed E-state index contributed by atoms with van der Waals surface area (Å²) >= 11 is 0. The van der Waals surface area contributed by atoms with Gasteiger partial charge in [-0.15, -0.1) is 12.4 Å². The van der Waals surface area contributed by atoms with E-state index in [-0.39, 0.29) is 24.9 Å². The minimum Gasteiger partial charge on any atom is -0.328 e. The van der Waals surface area contributed by atoms with E-state index in [1.54, 1.807) is 0 Å². The Kier molecular flexibility index (Phi) is 3.11. The summed E-state index contributed by atoms with van der Waals surface area (Å²) in [6, 6.07) is -0.993. The summed E-state index contributed by atoms with van der Waals surface area (Å²) in [4.78, 5) is 20.9. The Bertz CT molecular complexity index is 161. The number of carbonyl (C=O) groups is 2. The zero-order valence-corrected chi connectivity index (χ0v) is 5.90. The number of imide groups is 1. The van der Waals surface area contributed by atoms with E-state index in [2.05, 4.69) is 5.32 Å². The monoisotopic (exact) mass is 165 g/mol. The van der Waals surface area contributed by atoms with Crippen LogP contribution in [0.25, 0.3) is 0 Å². The van der Waals surface area contributed by atoms with Crippen molar-refractivity contribution in [2.24, 2.45) is 5.73 Å². The van der Waals surface area contributed by atoms with Crippen molar-refractivity contribution in [3.05, 3.63) is 0 Å². The topological polar surface area (TPSA) is 84.2 Å². The van der Waals surface area contributed by atoms with Crippen LogP contribution in [0.1, 0.15) is 0 Å². The lowest BCUT2D eigenvalue weighted by atomic mass is 10.3. The third kappa shape index (κ3) is 1.58. The molecule has 1 saturated heterocycles. The molecule has 1 unspecified atom stereocenters. The predicted octanol–water partition coefficient (Wildman–Crippen LogP) is -1.43. The fraction of sp³-hybridized carbons (Fsp3) is 0.500. The maximum Gasteiger partial charge on any atom is 0.322 e. The van der Waals surface area contributed by atoms with Gasteiger partial charge in [-0.1, -0.05) is 0 Å². The van der Waals surface area contributed by atoms with E-state index < -0.39 is 12.1 Å². The molecule has 1 aliphatic rings. The highest BCUT2D eigenvalue weighted by Gasteiger charge is 2.27. The lowest BCUT2D eigenvalue weighted by molar-refractivity contribution is -0.119. The van der Waals surface area contributed by atoms with E-state index in [0.717, 1.165) is 0 Å². The molecule has 0 saturated carbocycles. The molecule has 0 aliphatic carbocycles. The standard InChI is InChI=1S/C4H7N3O2.ClH/c5-1-2-3(8)7-4(9)6-2;/h2H,1,5H2,(H2,6,7,8,9);1H. The largest absolute Gasteiger partial charge is 0.328 e. The molecule has 1 atom stereocenters. The molecular weight excluding hydrogens is 158 g/mol. The molecule has 0 bridgehead atoms. The van der Waals surface area contributed by atoms with Crippen LogP contribution in [-0.4, -0.2) is 24.5 Å². The molecule has 1 heterocycles. The van der Waals surface area contributed by atoms with E-state index in [9.17, 15) is 9.59 Å². The predicted molar refractivity (Wildman–Crippen MR) is 36.8 cm³/mol. The minimum atomic E-state index is -0.530. The molecule has 0 aromatic heterocycles. The number of hydrogen-bond acceptors (Lipinski definition) is 3. The second-order valence-electron chi connectivity index (χ2n) is 1.75. The lowest BCUT2D eigenvalue weighted by Gasteiger charge is -1.98. The highest BCUT2D eigenvalue weighted by molar-refractivity contribution is 6.04. The number of amides is 3. The first kappa shape index (κ1) is 9.19. The van der Waals surface area contributed by atoms with Gasteiger partial charge >= 0.3 is 6.03 Å². The Morgan fingerprint density at radius 3 is 2.30 bits per heavy atom. The number of nitrogens with one attached hydrogen (secondary N) is 2. The van der Waals surface area contributed by atoms with Crippen molar-refractivity contribution < 1.29 is 9.59 Å². The number of urea groups is 1. The number of rotatable bonds is 1. The third-order valence-corrected chi connectivity index (χ3v) is 1.09. The molecule has 1 fully saturated rings. The van der Waals surface area contributed by atoms with Gasteiger partial charge in [0.05, 0.1) is 0 Å². The Labute approximate surface area is 63.7 Å². The molecule has 4 N–H and O–H groups in total. The summed E-state index contributed by atoms with van der Waals surface area (Å²) in [6.45, 7) is 0.150. The molecule has 0 spiro atoms. The summed E-state index contributed by atoms with van der Waals surface area (Å²) in [5, 5.41) is 4.38. The zero-order chi connectivity index (χ0) is 6.85. The van der Waals surface area contributed by atoms with Crippen LogP contribution >= 0.6 is 12.4 Å². The number of halogens is 1. The van der Waals surface area contributed by atoms with Crippen LogP contribution in [-0.2, 0) is 4.79 Å². The van der Waals surface area contributed by atoms with Gasteiger partial charge in [-0.05, 0) is 0 Å². The molecule has 10 heavy (non-hydrogen) atoms. The minimum absolute atomic E-state index is 0. The summed E-state index contributed by atoms with van der Waals surface area (Å²) in [6.07, 6.45) is 0. The Morgan fingerprint density at radius 2 is 2.10 bits per heavy atom. The van der Waals surface area contributed by atoms with Gasteiger partial charge in [0, 0.05) is 6.54 Å². The van der Waals surface area contributed by atoms with Crippen LogP contribution in [0.4, 0.5) is 4.79 Å². The van der Waals surface area contributed by atoms with E-state index in [0.29, 0.717) is 0 Å². The van der Waals surface area contributed by atoms with Crippen molar-refractivity contribution in [1.82, 2.24) is 10.6 Å². The quantitative estimate of drug-likeness (QED) is 0.417. The van der Waals surface area contributed by atoms with Crippen molar-refractivity contribution in [3.63, 3.8) is 0 Å². The van der Waals surface area contributed by atoms with Gasteiger partial charge in [0.15, 0.2) is 0 Å². The smallest absolute Gasteiger partial charge is 0.322 e. The first-order chi connectivity index (χ1) is 4.24. The summed E-state index contributed by atoms with van der Waals surface area (Å²) in [7, 11) is 0. The fourth-order valence-corrected chi connectivity index (χ4v) is 0.625. The first-order valence-electron chi connectivity index (χ1n) is 2.55. The van der Waals surface area contributed by atoms with Crippen LogP contribution in [0.3, 0.4) is 0 Å². The van der Waals surface area contributed by atoms with Crippen LogP contribution in [0.15, 0.2) is 0 Å². The van der Waals surface area contributed by atoms with Crippen LogP contribution < -0.4 is 16.4 Å². The molecule has 5 nitrogen and oxygen atoms in total. The van der Waals surface area contributed by atoms with Crippen molar-refractivity contribution in [2.75, 3.05) is 6.54 Å². The van der Waals surface area contributed by atoms with Crippen molar-refractivity contribution in [3.8, 4) is 0 Å². The maximum absolute atomic E-state index is 10.5. The molecule has 0 radical (unpaired) electrons. The molecule has 3 amide bonds. The Balaban J connectivity index is 0.000000810. The fourth-order valence-electron chi connectivity index (χ4n) is 0.625. The second kappa shape index (κ2) is 3.38. The second-order valence-corrected chi connectivity index (χ2v) is 1.75. The summed E-state index contributed by atoms with van der Waals surface area (Å²) in [5.74, 6) is -0.345. The highest BCUT2D eigenvalue weighted by atomic mass is 35.5. The molecule has 0 aromatic carbocycles. The van der Waals surface area contributed by atoms with Gasteiger partial charge in [0.25, 0.3) is 5.91 Å². The Morgan fingerprint density at radius 1 is 1.50 bits per heavy atom. The number of nitrogens with two attached hydrogens (primary N) is 1. The van der Waals surface area contributed by atoms with Crippen LogP contribution in [0.5, 0.6) is 0 Å². The maximum atomic E-state index is 10.5. The highest BCUT2D eigenvalue weighted by Crippen LogP contribution is 1.88. The van der Waals surface area contributed by atoms with Gasteiger partial charge in [-0.25, -0.2) is 4.79 Å². The van der Waals surface area contributed by atoms with Crippen LogP contribution in [0.2, 0.25) is 0 Å². The van der Waals surface area contributed by atoms with Gasteiger partial charge < -0.3 is 11.1 Å². The molecule has 1 aliphatic heterocycles. The molecule has 1 rings (SSSR count). The van der Waals surface area contributed by atoms with E-state index in [1.165, 1.54) is 0 Å². The van der Waals surface area contributed by atoms with Crippen LogP contribution in [0, 0.1) is 0 Å². The molecular formula is C4H8ClN3O2. The van der Waals surface area contributed by atoms with E-state index in [4.69, 9.17) is 5.73 Å². The third-order valence-electron chi connectivity index (χ3n) is 1.09. The van der Waals surface area contributed by atoms with Crippen molar-refractivity contribution in [2.45, 2.75) is 6.04 Å². The normalized spacial score (nSPS) is 23.1. The van der Waals surface area contributed by atoms with E-state index >= 15 is 0 Å². The number of hydrogen-bond donors (Lipinski definition) is 3. The molecule has 6 heteroatoms. The first-order valence-corrected chi connectivity index (χ1v) is 2.55. The van der Waals surface area contributed by atoms with Gasteiger partial charge in [-0.3, -0.25) is 10.1 Å².